The number of pyridine rings is 1. The van der Waals surface area contributed by atoms with Gasteiger partial charge in [0.25, 0.3) is 0 Å². The number of nitrogens with zero attached hydrogens (tertiary/aromatic N) is 4. The number of aryl methyl sites for hydroxylation is 1. The molecule has 2 heterocycles. The highest BCUT2D eigenvalue weighted by atomic mass is 15.0. The third kappa shape index (κ3) is 5.94. The Morgan fingerprint density at radius 3 is 1.41 bits per heavy atom. The summed E-state index contributed by atoms with van der Waals surface area (Å²) in [6.45, 7) is 2.03. The fourth-order valence-electron chi connectivity index (χ4n) is 6.89. The van der Waals surface area contributed by atoms with Crippen LogP contribution in [-0.4, -0.2) is 19.9 Å². The van der Waals surface area contributed by atoms with Gasteiger partial charge in [0.05, 0.1) is 5.69 Å². The second-order valence-electron chi connectivity index (χ2n) is 12.8. The summed E-state index contributed by atoms with van der Waals surface area (Å²) in [5, 5.41) is 4.79. The largest absolute Gasteiger partial charge is 0.253 e. The van der Waals surface area contributed by atoms with Gasteiger partial charge in [0.2, 0.25) is 0 Å². The predicted molar refractivity (Wildman–Crippen MR) is 210 cm³/mol. The van der Waals surface area contributed by atoms with Crippen LogP contribution in [0.15, 0.2) is 176 Å². The van der Waals surface area contributed by atoms with Crippen molar-refractivity contribution in [1.29, 1.82) is 0 Å². The first-order valence-electron chi connectivity index (χ1n) is 17.1. The topological polar surface area (TPSA) is 51.6 Å². The molecule has 0 aliphatic carbocycles. The fourth-order valence-corrected chi connectivity index (χ4v) is 6.89. The highest BCUT2D eigenvalue weighted by Crippen LogP contribution is 2.40. The van der Waals surface area contributed by atoms with E-state index in [0.29, 0.717) is 17.5 Å². The molecule has 0 saturated carbocycles. The summed E-state index contributed by atoms with van der Waals surface area (Å²) < 4.78 is 0. The molecule has 51 heavy (non-hydrogen) atoms. The van der Waals surface area contributed by atoms with Crippen molar-refractivity contribution < 1.29 is 0 Å². The van der Waals surface area contributed by atoms with E-state index in [1.54, 1.807) is 0 Å². The maximum absolute atomic E-state index is 5.14. The van der Waals surface area contributed by atoms with E-state index in [4.69, 9.17) is 19.9 Å². The number of benzene rings is 7. The minimum absolute atomic E-state index is 0.617. The molecule has 0 aliphatic heterocycles. The zero-order chi connectivity index (χ0) is 34.1. The molecule has 0 fully saturated rings. The van der Waals surface area contributed by atoms with E-state index < -0.39 is 0 Å². The van der Waals surface area contributed by atoms with Crippen molar-refractivity contribution in [3.63, 3.8) is 0 Å². The third-order valence-corrected chi connectivity index (χ3v) is 9.33. The molecule has 9 aromatic rings. The first kappa shape index (κ1) is 30.3. The van der Waals surface area contributed by atoms with E-state index in [-0.39, 0.29) is 0 Å². The lowest BCUT2D eigenvalue weighted by atomic mass is 9.89. The second kappa shape index (κ2) is 12.9. The summed E-state index contributed by atoms with van der Waals surface area (Å²) in [5.41, 5.74) is 10.2. The van der Waals surface area contributed by atoms with Gasteiger partial charge < -0.3 is 0 Å². The molecule has 240 valence electrons. The van der Waals surface area contributed by atoms with Crippen molar-refractivity contribution in [2.24, 2.45) is 0 Å². The van der Waals surface area contributed by atoms with E-state index >= 15 is 0 Å². The molecule has 0 saturated heterocycles. The van der Waals surface area contributed by atoms with Gasteiger partial charge in [-0.3, -0.25) is 4.98 Å². The molecule has 4 nitrogen and oxygen atoms in total. The normalized spacial score (nSPS) is 11.2. The van der Waals surface area contributed by atoms with Gasteiger partial charge in [0.15, 0.2) is 17.5 Å². The molecule has 0 radical (unpaired) electrons. The van der Waals surface area contributed by atoms with Crippen molar-refractivity contribution in [1.82, 2.24) is 19.9 Å². The van der Waals surface area contributed by atoms with Crippen LogP contribution in [0, 0.1) is 6.92 Å². The van der Waals surface area contributed by atoms with E-state index in [0.717, 1.165) is 50.3 Å². The Kier molecular flexibility index (Phi) is 7.67. The minimum atomic E-state index is 0.617. The Morgan fingerprint density at radius 2 is 0.784 bits per heavy atom. The molecule has 0 atom stereocenters. The van der Waals surface area contributed by atoms with Crippen LogP contribution in [-0.2, 0) is 0 Å². The summed E-state index contributed by atoms with van der Waals surface area (Å²) >= 11 is 0. The van der Waals surface area contributed by atoms with E-state index in [9.17, 15) is 0 Å². The van der Waals surface area contributed by atoms with Crippen LogP contribution in [0.5, 0.6) is 0 Å². The Hall–Kier alpha value is -6.78. The predicted octanol–water partition coefficient (Wildman–Crippen LogP) is 11.9. The molecule has 9 rings (SSSR count). The van der Waals surface area contributed by atoms with Crippen molar-refractivity contribution in [2.75, 3.05) is 0 Å². The highest BCUT2D eigenvalue weighted by molar-refractivity contribution is 6.13. The van der Waals surface area contributed by atoms with Gasteiger partial charge in [-0.05, 0) is 93.2 Å². The molecular weight excluding hydrogens is 621 g/mol. The molecule has 2 aromatic heterocycles. The molecule has 0 unspecified atom stereocenters. The van der Waals surface area contributed by atoms with E-state index in [1.165, 1.54) is 27.1 Å². The third-order valence-electron chi connectivity index (χ3n) is 9.33. The lowest BCUT2D eigenvalue weighted by molar-refractivity contribution is 1.07. The SMILES string of the molecule is Cc1cccc(-c2cccc(-c3cc(-c4nc(-c5ccccc5)nc(-c5ccccc5)n4)cc(-c4c5ccccc5cc5ccccc45)c3)c2)n1. The molecule has 0 N–H and O–H groups in total. The van der Waals surface area contributed by atoms with Crippen LogP contribution in [0.3, 0.4) is 0 Å². The Morgan fingerprint density at radius 1 is 0.314 bits per heavy atom. The second-order valence-corrected chi connectivity index (χ2v) is 12.8. The summed E-state index contributed by atoms with van der Waals surface area (Å²) in [7, 11) is 0. The molecule has 0 aliphatic rings. The molecular formula is C47H32N4. The standard InChI is InChI=1S/C47H32N4/c1-31-14-12-25-43(48-31)37-22-13-21-34(26-37)38-28-39(44-41-23-10-8-19-35(41)27-36-20-9-11-24-42(36)44)30-40(29-38)47-50-45(32-15-4-2-5-16-32)49-46(51-47)33-17-6-3-7-18-33/h2-30H,1H3. The van der Waals surface area contributed by atoms with Crippen molar-refractivity contribution in [3.05, 3.63) is 182 Å². The number of rotatable bonds is 6. The number of aromatic nitrogens is 4. The lowest BCUT2D eigenvalue weighted by Crippen LogP contribution is -2.00. The monoisotopic (exact) mass is 652 g/mol. The minimum Gasteiger partial charge on any atom is -0.253 e. The molecule has 7 aromatic carbocycles. The van der Waals surface area contributed by atoms with Gasteiger partial charge in [-0.2, -0.15) is 0 Å². The lowest BCUT2D eigenvalue weighted by Gasteiger charge is -2.16. The molecule has 0 spiro atoms. The zero-order valence-electron chi connectivity index (χ0n) is 28.0. The quantitative estimate of drug-likeness (QED) is 0.168. The van der Waals surface area contributed by atoms with Crippen LogP contribution < -0.4 is 0 Å². The van der Waals surface area contributed by atoms with Crippen LogP contribution in [0.2, 0.25) is 0 Å². The summed E-state index contributed by atoms with van der Waals surface area (Å²) in [6.07, 6.45) is 0. The van der Waals surface area contributed by atoms with Crippen LogP contribution in [0.25, 0.3) is 89.2 Å². The highest BCUT2D eigenvalue weighted by Gasteiger charge is 2.17. The first-order valence-corrected chi connectivity index (χ1v) is 17.1. The van der Waals surface area contributed by atoms with Crippen LogP contribution >= 0.6 is 0 Å². The van der Waals surface area contributed by atoms with Crippen molar-refractivity contribution in [2.45, 2.75) is 6.92 Å². The van der Waals surface area contributed by atoms with Gasteiger partial charge in [0.1, 0.15) is 0 Å². The summed E-state index contributed by atoms with van der Waals surface area (Å²) in [4.78, 5) is 20.1. The van der Waals surface area contributed by atoms with E-state index in [1.807, 2.05) is 73.7 Å². The number of hydrogen-bond acceptors (Lipinski definition) is 4. The van der Waals surface area contributed by atoms with Crippen molar-refractivity contribution >= 4 is 21.5 Å². The van der Waals surface area contributed by atoms with Crippen LogP contribution in [0.1, 0.15) is 5.69 Å². The Bertz CT molecular complexity index is 2590. The summed E-state index contributed by atoms with van der Waals surface area (Å²) in [5.74, 6) is 1.89. The maximum Gasteiger partial charge on any atom is 0.164 e. The smallest absolute Gasteiger partial charge is 0.164 e. The van der Waals surface area contributed by atoms with Gasteiger partial charge in [-0.15, -0.1) is 0 Å². The van der Waals surface area contributed by atoms with Gasteiger partial charge in [0, 0.05) is 27.9 Å². The first-order chi connectivity index (χ1) is 25.2. The Labute approximate surface area is 296 Å². The van der Waals surface area contributed by atoms with Crippen molar-refractivity contribution in [3.8, 4) is 67.7 Å². The Balaban J connectivity index is 1.33. The van der Waals surface area contributed by atoms with Crippen LogP contribution in [0.4, 0.5) is 0 Å². The number of hydrogen-bond donors (Lipinski definition) is 0. The molecule has 0 amide bonds. The average molecular weight is 653 g/mol. The van der Waals surface area contributed by atoms with Gasteiger partial charge in [-0.25, -0.2) is 15.0 Å². The summed E-state index contributed by atoms with van der Waals surface area (Å²) in [6, 6.07) is 61.3. The zero-order valence-corrected chi connectivity index (χ0v) is 28.0. The van der Waals surface area contributed by atoms with E-state index in [2.05, 4.69) is 109 Å². The van der Waals surface area contributed by atoms with Gasteiger partial charge in [-0.1, -0.05) is 133 Å². The molecule has 0 bridgehead atoms. The van der Waals surface area contributed by atoms with Gasteiger partial charge >= 0.3 is 0 Å². The molecule has 4 heteroatoms. The maximum atomic E-state index is 5.14. The number of fused-ring (bicyclic) bond motifs is 2. The average Bonchev–Trinajstić information content (AvgIpc) is 3.20. The fraction of sp³-hybridized carbons (Fsp3) is 0.0213.